The second kappa shape index (κ2) is 15.2. The largest absolute Gasteiger partial charge is 0.464 e. The van der Waals surface area contributed by atoms with Gasteiger partial charge in [0.25, 0.3) is 0 Å². The first kappa shape index (κ1) is 37.7. The molecule has 0 spiro atoms. The third-order valence-corrected chi connectivity index (χ3v) is 10.0. The maximum Gasteiger partial charge on any atom is 0.459 e. The molecule has 3 aromatic rings. The number of ether oxygens (including phenoxy) is 3. The topological polar surface area (TPSA) is 210 Å². The highest BCUT2D eigenvalue weighted by Crippen LogP contribution is 2.51. The molecule has 1 saturated heterocycles. The summed E-state index contributed by atoms with van der Waals surface area (Å²) in [4.78, 5) is 29.3. The van der Waals surface area contributed by atoms with Crippen LogP contribution in [0.15, 0.2) is 42.5 Å². The lowest BCUT2D eigenvalue weighted by atomic mass is 9.80. The molecule has 17 heteroatoms. The van der Waals surface area contributed by atoms with Gasteiger partial charge >= 0.3 is 25.8 Å². The van der Waals surface area contributed by atoms with Crippen molar-refractivity contribution in [1.29, 1.82) is 5.26 Å². The molecule has 2 aromatic heterocycles. The van der Waals surface area contributed by atoms with Gasteiger partial charge in [-0.3, -0.25) is 14.1 Å². The zero-order valence-electron chi connectivity index (χ0n) is 28.2. The minimum atomic E-state index is -4.48. The fraction of sp³-hybridized carbons (Fsp3) is 0.531. The van der Waals surface area contributed by atoms with Gasteiger partial charge in [-0.05, 0) is 44.0 Å². The zero-order chi connectivity index (χ0) is 36.1. The quantitative estimate of drug-likeness (QED) is 0.151. The number of anilines is 1. The van der Waals surface area contributed by atoms with Gasteiger partial charge in [0.05, 0.1) is 24.8 Å². The summed E-state index contributed by atoms with van der Waals surface area (Å²) in [6.45, 7) is 9.19. The number of aromatic nitrogens is 3. The molecule has 4 rings (SSSR count). The fourth-order valence-electron chi connectivity index (χ4n) is 5.34. The Morgan fingerprint density at radius 3 is 2.47 bits per heavy atom. The number of nitriles is 1. The van der Waals surface area contributed by atoms with Gasteiger partial charge in [-0.2, -0.15) is 19.7 Å². The Labute approximate surface area is 283 Å². The lowest BCUT2D eigenvalue weighted by molar-refractivity contribution is -0.168. The van der Waals surface area contributed by atoms with Gasteiger partial charge in [0.15, 0.2) is 11.9 Å². The maximum atomic E-state index is 14.3. The van der Waals surface area contributed by atoms with E-state index in [1.807, 2.05) is 19.9 Å². The van der Waals surface area contributed by atoms with Crippen LogP contribution in [0, 0.1) is 29.2 Å². The maximum absolute atomic E-state index is 14.3. The summed E-state index contributed by atoms with van der Waals surface area (Å²) < 4.78 is 58.4. The average Bonchev–Trinajstić information content (AvgIpc) is 3.57. The molecule has 0 unspecified atom stereocenters. The van der Waals surface area contributed by atoms with Crippen molar-refractivity contribution in [3.63, 3.8) is 0 Å². The SMILES string of the molecule is CCC(CC)COC(=O)[C@H](C)N[P@](=O)(OC[C@H]1O[C@@](C#N)(c2ccc3c(N)nc(F)nn23)[C@](C)(O)[C@@H]1OC(=O)C(C)C)Oc1ccccc1. The van der Waals surface area contributed by atoms with Crippen LogP contribution in [-0.4, -0.2) is 68.7 Å². The highest BCUT2D eigenvalue weighted by molar-refractivity contribution is 7.52. The van der Waals surface area contributed by atoms with E-state index >= 15 is 0 Å². The second-order valence-corrected chi connectivity index (χ2v) is 13.9. The minimum absolute atomic E-state index is 0.107. The van der Waals surface area contributed by atoms with Gasteiger partial charge < -0.3 is 29.6 Å². The normalized spacial score (nSPS) is 24.0. The van der Waals surface area contributed by atoms with Crippen LogP contribution in [0.5, 0.6) is 5.75 Å². The number of hydrogen-bond donors (Lipinski definition) is 3. The van der Waals surface area contributed by atoms with Crippen molar-refractivity contribution in [2.75, 3.05) is 18.9 Å². The minimum Gasteiger partial charge on any atom is -0.464 e. The van der Waals surface area contributed by atoms with E-state index in [2.05, 4.69) is 15.2 Å². The predicted octanol–water partition coefficient (Wildman–Crippen LogP) is 4.05. The summed E-state index contributed by atoms with van der Waals surface area (Å²) in [6.07, 6.45) is -2.69. The summed E-state index contributed by atoms with van der Waals surface area (Å²) in [5.41, 5.74) is 1.11. The highest BCUT2D eigenvalue weighted by Gasteiger charge is 2.67. The number of nitrogens with two attached hydrogens (primary N) is 1. The van der Waals surface area contributed by atoms with E-state index in [9.17, 15) is 28.9 Å². The molecule has 6 atom stereocenters. The van der Waals surface area contributed by atoms with Gasteiger partial charge in [0.2, 0.25) is 5.60 Å². The van der Waals surface area contributed by atoms with Crippen molar-refractivity contribution < 1.29 is 46.9 Å². The Hall–Kier alpha value is -4.13. The monoisotopic (exact) mass is 704 g/mol. The van der Waals surface area contributed by atoms with Gasteiger partial charge in [-0.25, -0.2) is 9.08 Å². The molecule has 0 saturated carbocycles. The second-order valence-electron chi connectivity index (χ2n) is 12.3. The molecule has 1 aliphatic heterocycles. The Morgan fingerprint density at radius 1 is 1.18 bits per heavy atom. The van der Waals surface area contributed by atoms with Crippen molar-refractivity contribution in [3.05, 3.63) is 54.2 Å². The Kier molecular flexibility index (Phi) is 11.7. The van der Waals surface area contributed by atoms with Crippen molar-refractivity contribution in [2.24, 2.45) is 11.8 Å². The molecule has 0 radical (unpaired) electrons. The van der Waals surface area contributed by atoms with Crippen molar-refractivity contribution in [1.82, 2.24) is 19.7 Å². The lowest BCUT2D eigenvalue weighted by Gasteiger charge is -2.34. The Morgan fingerprint density at radius 2 is 1.86 bits per heavy atom. The number of rotatable bonds is 15. The lowest BCUT2D eigenvalue weighted by Crippen LogP contribution is -2.54. The molecule has 266 valence electrons. The number of para-hydroxylation sites is 1. The van der Waals surface area contributed by atoms with Gasteiger partial charge in [-0.1, -0.05) is 58.7 Å². The number of carbonyl (C=O) groups is 2. The highest BCUT2D eigenvalue weighted by atomic mass is 31.2. The molecule has 3 heterocycles. The standard InChI is InChI=1S/C32H42FN6O9P/c1-7-21(8-2)16-44-29(41)20(5)38-49(43,48-22-12-10-9-11-13-22)45-17-24-26(46-28(40)19(3)4)31(6,42)32(18-34,47-24)25-15-14-23-27(35)36-30(33)37-39(23)25/h9-15,19-21,24,26,42H,7-8,16-17H2,1-6H3,(H,38,43)(H2,35,36,37)/t20-,24+,26+,31+,32-,49-/m0/s1. The molecule has 1 aliphatic rings. The molecule has 0 amide bonds. The Balaban J connectivity index is 1.70. The van der Waals surface area contributed by atoms with E-state index in [-0.39, 0.29) is 35.3 Å². The molecule has 0 aliphatic carbocycles. The van der Waals surface area contributed by atoms with E-state index < -0.39 is 67.7 Å². The average molecular weight is 705 g/mol. The van der Waals surface area contributed by atoms with Crippen molar-refractivity contribution in [3.8, 4) is 11.8 Å². The third kappa shape index (κ3) is 7.87. The number of fused-ring (bicyclic) bond motifs is 1. The number of benzene rings is 1. The number of hydrogen-bond acceptors (Lipinski definition) is 13. The van der Waals surface area contributed by atoms with Gasteiger partial charge in [0.1, 0.15) is 35.1 Å². The first-order chi connectivity index (χ1) is 23.1. The summed E-state index contributed by atoms with van der Waals surface area (Å²) in [5, 5.41) is 28.9. The molecule has 1 aromatic carbocycles. The van der Waals surface area contributed by atoms with E-state index in [1.165, 1.54) is 38.1 Å². The summed E-state index contributed by atoms with van der Waals surface area (Å²) in [5.74, 6) is -2.08. The fourth-order valence-corrected chi connectivity index (χ4v) is 6.84. The predicted molar refractivity (Wildman–Crippen MR) is 173 cm³/mol. The zero-order valence-corrected chi connectivity index (χ0v) is 29.1. The first-order valence-corrected chi connectivity index (χ1v) is 17.4. The Bertz CT molecular complexity index is 1730. The summed E-state index contributed by atoms with van der Waals surface area (Å²) >= 11 is 0. The molecule has 1 fully saturated rings. The van der Waals surface area contributed by atoms with E-state index in [0.29, 0.717) is 0 Å². The van der Waals surface area contributed by atoms with Crippen LogP contribution >= 0.6 is 7.75 Å². The number of nitrogens with one attached hydrogen (secondary N) is 1. The van der Waals surface area contributed by atoms with Crippen molar-refractivity contribution in [2.45, 2.75) is 83.8 Å². The van der Waals surface area contributed by atoms with Crippen LogP contribution < -0.4 is 15.3 Å². The van der Waals surface area contributed by atoms with E-state index in [0.717, 1.165) is 17.4 Å². The van der Waals surface area contributed by atoms with Crippen LogP contribution in [0.4, 0.5) is 10.2 Å². The molecule has 15 nitrogen and oxygen atoms in total. The van der Waals surface area contributed by atoms with Crippen LogP contribution in [0.3, 0.4) is 0 Å². The molecule has 0 bridgehead atoms. The van der Waals surface area contributed by atoms with Crippen LogP contribution in [-0.2, 0) is 38.5 Å². The summed E-state index contributed by atoms with van der Waals surface area (Å²) in [6, 6.07) is 11.5. The smallest absolute Gasteiger partial charge is 0.459 e. The van der Waals surface area contributed by atoms with E-state index in [4.69, 9.17) is 29.0 Å². The molecular formula is C32H42FN6O9P. The number of nitrogen functional groups attached to an aromatic ring is 1. The number of nitrogens with zero attached hydrogens (tertiary/aromatic N) is 4. The van der Waals surface area contributed by atoms with Crippen LogP contribution in [0.2, 0.25) is 0 Å². The molecule has 49 heavy (non-hydrogen) atoms. The van der Waals surface area contributed by atoms with E-state index in [1.54, 1.807) is 32.0 Å². The third-order valence-electron chi connectivity index (χ3n) is 8.38. The first-order valence-electron chi connectivity index (χ1n) is 15.9. The number of esters is 2. The molecular weight excluding hydrogens is 662 g/mol. The van der Waals surface area contributed by atoms with Crippen LogP contribution in [0.1, 0.15) is 60.1 Å². The molecule has 4 N–H and O–H groups in total. The van der Waals surface area contributed by atoms with Gasteiger partial charge in [-0.15, -0.1) is 5.10 Å². The van der Waals surface area contributed by atoms with Gasteiger partial charge in [0, 0.05) is 0 Å². The van der Waals surface area contributed by atoms with Crippen LogP contribution in [0.25, 0.3) is 5.52 Å². The summed E-state index contributed by atoms with van der Waals surface area (Å²) in [7, 11) is -4.48. The van der Waals surface area contributed by atoms with Crippen molar-refractivity contribution >= 4 is 31.0 Å². The number of aliphatic hydroxyl groups is 1. The number of carbonyl (C=O) groups excluding carboxylic acids is 2. The number of halogens is 1.